The summed E-state index contributed by atoms with van der Waals surface area (Å²) >= 11 is 0. The Kier molecular flexibility index (Phi) is 24.2. The molecule has 0 rings (SSSR count). The molecule has 0 aliphatic heterocycles. The highest BCUT2D eigenvalue weighted by atomic mass is 16.4. The largest absolute Gasteiger partial charge is 0.481 e. The summed E-state index contributed by atoms with van der Waals surface area (Å²) in [6.45, 7) is 11.5. The summed E-state index contributed by atoms with van der Waals surface area (Å²) in [6.07, 6.45) is 20.9. The Balaban J connectivity index is 0. The number of unbranched alkanes of at least 4 members (excludes halogenated alkanes) is 10. The van der Waals surface area contributed by atoms with Crippen molar-refractivity contribution in [2.75, 3.05) is 0 Å². The van der Waals surface area contributed by atoms with Crippen LogP contribution in [0.1, 0.15) is 117 Å². The molecule has 0 aromatic heterocycles. The lowest BCUT2D eigenvalue weighted by molar-refractivity contribution is -0.142. The third-order valence-electron chi connectivity index (χ3n) is 5.41. The van der Waals surface area contributed by atoms with Crippen molar-refractivity contribution in [3.05, 3.63) is 25.3 Å². The molecular weight excluding hydrogens is 376 g/mol. The number of carboxylic acids is 2. The third kappa shape index (κ3) is 21.1. The topological polar surface area (TPSA) is 74.6 Å². The van der Waals surface area contributed by atoms with Crippen LogP contribution in [0.5, 0.6) is 0 Å². The molecular formula is C26H48O4. The summed E-state index contributed by atoms with van der Waals surface area (Å²) in [5.74, 6) is -1.79. The molecule has 4 nitrogen and oxygen atoms in total. The molecule has 0 radical (unpaired) electrons. The van der Waals surface area contributed by atoms with Gasteiger partial charge in [0.15, 0.2) is 0 Å². The molecule has 0 heterocycles. The minimum Gasteiger partial charge on any atom is -0.481 e. The number of carbonyl (C=O) groups is 2. The van der Waals surface area contributed by atoms with E-state index in [-0.39, 0.29) is 11.8 Å². The van der Waals surface area contributed by atoms with E-state index in [2.05, 4.69) is 27.0 Å². The third-order valence-corrected chi connectivity index (χ3v) is 5.41. The molecule has 0 amide bonds. The summed E-state index contributed by atoms with van der Waals surface area (Å²) in [5, 5.41) is 17.8. The number of hydrogen-bond acceptors (Lipinski definition) is 2. The molecule has 0 aromatic rings. The Hall–Kier alpha value is -1.58. The second-order valence-electron chi connectivity index (χ2n) is 8.23. The Morgan fingerprint density at radius 3 is 1.23 bits per heavy atom. The summed E-state index contributed by atoms with van der Waals surface area (Å²) in [5.41, 5.74) is 0. The van der Waals surface area contributed by atoms with E-state index in [1.54, 1.807) is 12.2 Å². The van der Waals surface area contributed by atoms with Crippen molar-refractivity contribution < 1.29 is 19.8 Å². The van der Waals surface area contributed by atoms with Gasteiger partial charge in [0.2, 0.25) is 0 Å². The monoisotopic (exact) mass is 424 g/mol. The van der Waals surface area contributed by atoms with Gasteiger partial charge in [-0.25, -0.2) is 0 Å². The van der Waals surface area contributed by atoms with Crippen molar-refractivity contribution in [2.24, 2.45) is 11.8 Å². The van der Waals surface area contributed by atoms with Crippen LogP contribution in [0.15, 0.2) is 25.3 Å². The number of hydrogen-bond donors (Lipinski definition) is 2. The Labute approximate surface area is 185 Å². The summed E-state index contributed by atoms with van der Waals surface area (Å²) in [6, 6.07) is 0. The fraction of sp³-hybridized carbons (Fsp3) is 0.769. The first kappa shape index (κ1) is 30.6. The van der Waals surface area contributed by atoms with Gasteiger partial charge in [0.25, 0.3) is 0 Å². The van der Waals surface area contributed by atoms with Gasteiger partial charge < -0.3 is 10.2 Å². The molecule has 2 atom stereocenters. The normalized spacial score (nSPS) is 12.3. The minimum atomic E-state index is -0.684. The molecule has 4 heteroatoms. The molecule has 0 aliphatic carbocycles. The first-order valence-corrected chi connectivity index (χ1v) is 12.1. The van der Waals surface area contributed by atoms with Crippen LogP contribution in [0, 0.1) is 11.8 Å². The smallest absolute Gasteiger partial charge is 0.306 e. The highest BCUT2D eigenvalue weighted by Crippen LogP contribution is 2.16. The van der Waals surface area contributed by atoms with Crippen molar-refractivity contribution in [1.82, 2.24) is 0 Å². The molecule has 0 saturated heterocycles. The van der Waals surface area contributed by atoms with Crippen LogP contribution in [0.25, 0.3) is 0 Å². The van der Waals surface area contributed by atoms with Crippen molar-refractivity contribution in [3.63, 3.8) is 0 Å². The fourth-order valence-electron chi connectivity index (χ4n) is 3.43. The number of allylic oxidation sites excluding steroid dienone is 2. The highest BCUT2D eigenvalue weighted by Gasteiger charge is 2.15. The second kappa shape index (κ2) is 23.7. The number of aliphatic carboxylic acids is 2. The van der Waals surface area contributed by atoms with Crippen LogP contribution in [0.4, 0.5) is 0 Å². The maximum atomic E-state index is 10.9. The van der Waals surface area contributed by atoms with Crippen LogP contribution in [-0.4, -0.2) is 22.2 Å². The molecule has 0 aliphatic rings. The van der Waals surface area contributed by atoms with Gasteiger partial charge in [-0.15, -0.1) is 13.2 Å². The van der Waals surface area contributed by atoms with Gasteiger partial charge >= 0.3 is 11.9 Å². The number of carboxylic acid groups (broad SMARTS) is 2. The lowest BCUT2D eigenvalue weighted by Crippen LogP contribution is -2.12. The van der Waals surface area contributed by atoms with E-state index in [1.807, 2.05) is 0 Å². The average molecular weight is 425 g/mol. The fourth-order valence-corrected chi connectivity index (χ4v) is 3.43. The van der Waals surface area contributed by atoms with Crippen LogP contribution >= 0.6 is 0 Å². The zero-order valence-electron chi connectivity index (χ0n) is 19.7. The predicted octanol–water partition coefficient (Wildman–Crippen LogP) is 8.03. The van der Waals surface area contributed by atoms with Crippen molar-refractivity contribution in [1.29, 1.82) is 0 Å². The lowest BCUT2D eigenvalue weighted by Gasteiger charge is -2.09. The van der Waals surface area contributed by atoms with Gasteiger partial charge in [-0.05, 0) is 25.7 Å². The molecule has 30 heavy (non-hydrogen) atoms. The van der Waals surface area contributed by atoms with Crippen molar-refractivity contribution >= 4 is 11.9 Å². The maximum absolute atomic E-state index is 10.9. The summed E-state index contributed by atoms with van der Waals surface area (Å²) in [7, 11) is 0. The lowest BCUT2D eigenvalue weighted by atomic mass is 9.97. The van der Waals surface area contributed by atoms with Gasteiger partial charge in [-0.2, -0.15) is 0 Å². The van der Waals surface area contributed by atoms with Gasteiger partial charge in [0, 0.05) is 0 Å². The van der Waals surface area contributed by atoms with Gasteiger partial charge in [0.1, 0.15) is 0 Å². The van der Waals surface area contributed by atoms with Gasteiger partial charge in [-0.1, -0.05) is 103 Å². The van der Waals surface area contributed by atoms with Crippen LogP contribution in [0.3, 0.4) is 0 Å². The first-order valence-electron chi connectivity index (χ1n) is 12.1. The van der Waals surface area contributed by atoms with Gasteiger partial charge in [0.05, 0.1) is 11.8 Å². The highest BCUT2D eigenvalue weighted by molar-refractivity contribution is 5.70. The Morgan fingerprint density at radius 2 is 0.933 bits per heavy atom. The zero-order valence-corrected chi connectivity index (χ0v) is 19.7. The molecule has 2 unspecified atom stereocenters. The quantitative estimate of drug-likeness (QED) is 0.153. The van der Waals surface area contributed by atoms with Crippen molar-refractivity contribution in [2.45, 2.75) is 117 Å². The molecule has 0 saturated carbocycles. The van der Waals surface area contributed by atoms with E-state index < -0.39 is 11.9 Å². The standard InChI is InChI=1S/C15H28O2.C11H20O2/c1-3-5-6-7-8-9-10-11-13-14(12-4-2)15(16)17;1-3-5-6-7-9-10(8-4-2)11(12)13/h4,14H,2-3,5-13H2,1H3,(H,16,17);4,10H,2-3,5-9H2,1H3,(H,12,13). The Morgan fingerprint density at radius 1 is 0.633 bits per heavy atom. The SMILES string of the molecule is C=CCC(CCCCCC)C(=O)O.C=CCC(CCCCCCCCCC)C(=O)O. The zero-order chi connectivity index (χ0) is 23.0. The molecule has 0 fully saturated rings. The van der Waals surface area contributed by atoms with Crippen molar-refractivity contribution in [3.8, 4) is 0 Å². The van der Waals surface area contributed by atoms with Gasteiger partial charge in [-0.3, -0.25) is 9.59 Å². The van der Waals surface area contributed by atoms with E-state index in [0.717, 1.165) is 32.1 Å². The van der Waals surface area contributed by atoms with E-state index in [0.29, 0.717) is 12.8 Å². The van der Waals surface area contributed by atoms with Crippen LogP contribution in [-0.2, 0) is 9.59 Å². The molecule has 0 aromatic carbocycles. The second-order valence-corrected chi connectivity index (χ2v) is 8.23. The first-order chi connectivity index (χ1) is 14.4. The van der Waals surface area contributed by atoms with Crippen LogP contribution in [0.2, 0.25) is 0 Å². The average Bonchev–Trinajstić information content (AvgIpc) is 2.71. The Bertz CT molecular complexity index is 431. The maximum Gasteiger partial charge on any atom is 0.306 e. The number of rotatable bonds is 20. The summed E-state index contributed by atoms with van der Waals surface area (Å²) in [4.78, 5) is 21.6. The molecule has 0 spiro atoms. The minimum absolute atomic E-state index is 0.214. The molecule has 176 valence electrons. The van der Waals surface area contributed by atoms with Crippen LogP contribution < -0.4 is 0 Å². The molecule has 0 bridgehead atoms. The van der Waals surface area contributed by atoms with E-state index in [9.17, 15) is 9.59 Å². The molecule has 2 N–H and O–H groups in total. The summed E-state index contributed by atoms with van der Waals surface area (Å²) < 4.78 is 0. The van der Waals surface area contributed by atoms with E-state index in [1.165, 1.54) is 57.8 Å². The van der Waals surface area contributed by atoms with E-state index >= 15 is 0 Å². The predicted molar refractivity (Wildman–Crippen MR) is 128 cm³/mol. The van der Waals surface area contributed by atoms with E-state index in [4.69, 9.17) is 10.2 Å².